The third kappa shape index (κ3) is 3.83. The van der Waals surface area contributed by atoms with E-state index in [2.05, 4.69) is 5.32 Å². The third-order valence-electron chi connectivity index (χ3n) is 3.18. The van der Waals surface area contributed by atoms with Gasteiger partial charge in [-0.2, -0.15) is 0 Å². The fourth-order valence-corrected chi connectivity index (χ4v) is 2.58. The molecule has 92 valence electrons. The Morgan fingerprint density at radius 1 is 1.25 bits per heavy atom. The molecule has 0 aliphatic heterocycles. The molecule has 4 nitrogen and oxygen atoms in total. The average molecular weight is 227 g/mol. The first-order chi connectivity index (χ1) is 7.43. The van der Waals surface area contributed by atoms with Gasteiger partial charge in [0.25, 0.3) is 0 Å². The summed E-state index contributed by atoms with van der Waals surface area (Å²) in [6.07, 6.45) is 4.30. The van der Waals surface area contributed by atoms with E-state index in [-0.39, 0.29) is 23.8 Å². The Labute approximate surface area is 96.4 Å². The topological polar surface area (TPSA) is 66.4 Å². The lowest BCUT2D eigenvalue weighted by atomic mass is 9.79. The van der Waals surface area contributed by atoms with E-state index >= 15 is 0 Å². The van der Waals surface area contributed by atoms with E-state index in [0.717, 1.165) is 25.7 Å². The third-order valence-corrected chi connectivity index (χ3v) is 3.18. The van der Waals surface area contributed by atoms with Crippen molar-refractivity contribution >= 4 is 11.9 Å². The molecule has 1 rings (SSSR count). The smallest absolute Gasteiger partial charge is 0.303 e. The number of hydrogen-bond acceptors (Lipinski definition) is 2. The molecule has 0 heterocycles. The van der Waals surface area contributed by atoms with E-state index in [1.807, 2.05) is 13.8 Å². The molecule has 0 saturated heterocycles. The molecule has 0 bridgehead atoms. The summed E-state index contributed by atoms with van der Waals surface area (Å²) in [6, 6.07) is 0.121. The van der Waals surface area contributed by atoms with Crippen LogP contribution in [-0.4, -0.2) is 23.0 Å². The first-order valence-corrected chi connectivity index (χ1v) is 5.95. The standard InChI is InChI=1S/C12H21NO3/c1-9(2)13-10(14)7-12(8-11(15)16)5-3-4-6-12/h9H,3-8H2,1-2H3,(H,13,14)(H,15,16). The van der Waals surface area contributed by atoms with Gasteiger partial charge >= 0.3 is 5.97 Å². The molecule has 4 heteroatoms. The second-order valence-electron chi connectivity index (χ2n) is 5.18. The summed E-state index contributed by atoms with van der Waals surface area (Å²) in [4.78, 5) is 22.5. The number of rotatable bonds is 5. The van der Waals surface area contributed by atoms with Crippen LogP contribution in [0.3, 0.4) is 0 Å². The summed E-state index contributed by atoms with van der Waals surface area (Å²) >= 11 is 0. The van der Waals surface area contributed by atoms with Crippen LogP contribution in [-0.2, 0) is 9.59 Å². The molecular weight excluding hydrogens is 206 g/mol. The van der Waals surface area contributed by atoms with E-state index in [1.165, 1.54) is 0 Å². The fourth-order valence-electron chi connectivity index (χ4n) is 2.58. The van der Waals surface area contributed by atoms with Crippen LogP contribution in [0.2, 0.25) is 0 Å². The lowest BCUT2D eigenvalue weighted by molar-refractivity contribution is -0.140. The van der Waals surface area contributed by atoms with Crippen LogP contribution in [0, 0.1) is 5.41 Å². The molecule has 0 radical (unpaired) electrons. The van der Waals surface area contributed by atoms with Gasteiger partial charge in [0.1, 0.15) is 0 Å². The Hall–Kier alpha value is -1.06. The van der Waals surface area contributed by atoms with Gasteiger partial charge in [-0.3, -0.25) is 9.59 Å². The van der Waals surface area contributed by atoms with Crippen molar-refractivity contribution in [1.29, 1.82) is 0 Å². The van der Waals surface area contributed by atoms with Crippen LogP contribution in [0.15, 0.2) is 0 Å². The first kappa shape index (κ1) is 13.0. The number of carbonyl (C=O) groups excluding carboxylic acids is 1. The van der Waals surface area contributed by atoms with E-state index in [0.29, 0.717) is 6.42 Å². The second kappa shape index (κ2) is 5.32. The van der Waals surface area contributed by atoms with Gasteiger partial charge in [-0.05, 0) is 32.1 Å². The molecule has 2 N–H and O–H groups in total. The van der Waals surface area contributed by atoms with Crippen LogP contribution in [0.1, 0.15) is 52.4 Å². The van der Waals surface area contributed by atoms with Crippen molar-refractivity contribution in [1.82, 2.24) is 5.32 Å². The van der Waals surface area contributed by atoms with Crippen LogP contribution < -0.4 is 5.32 Å². The first-order valence-electron chi connectivity index (χ1n) is 5.95. The average Bonchev–Trinajstić information content (AvgIpc) is 2.49. The predicted octanol–water partition coefficient (Wildman–Crippen LogP) is 1.94. The van der Waals surface area contributed by atoms with Gasteiger partial charge in [-0.1, -0.05) is 12.8 Å². The summed E-state index contributed by atoms with van der Waals surface area (Å²) in [5.41, 5.74) is -0.287. The summed E-state index contributed by atoms with van der Waals surface area (Å²) in [5.74, 6) is -0.808. The highest BCUT2D eigenvalue weighted by atomic mass is 16.4. The molecule has 0 unspecified atom stereocenters. The number of carboxylic acids is 1. The fraction of sp³-hybridized carbons (Fsp3) is 0.833. The molecule has 1 saturated carbocycles. The molecule has 1 aliphatic carbocycles. The van der Waals surface area contributed by atoms with Crippen LogP contribution in [0.25, 0.3) is 0 Å². The maximum absolute atomic E-state index is 11.7. The minimum atomic E-state index is -0.792. The predicted molar refractivity (Wildman–Crippen MR) is 61.0 cm³/mol. The Morgan fingerprint density at radius 2 is 1.81 bits per heavy atom. The molecule has 1 aliphatic rings. The Balaban J connectivity index is 2.57. The lowest BCUT2D eigenvalue weighted by Gasteiger charge is -2.26. The molecular formula is C12H21NO3. The number of amides is 1. The van der Waals surface area contributed by atoms with Crippen molar-refractivity contribution in [2.24, 2.45) is 5.41 Å². The summed E-state index contributed by atoms with van der Waals surface area (Å²) in [6.45, 7) is 3.83. The van der Waals surface area contributed by atoms with E-state index in [1.54, 1.807) is 0 Å². The Morgan fingerprint density at radius 3 is 2.25 bits per heavy atom. The van der Waals surface area contributed by atoms with Gasteiger partial charge in [0.05, 0.1) is 6.42 Å². The summed E-state index contributed by atoms with van der Waals surface area (Å²) in [7, 11) is 0. The molecule has 1 amide bonds. The van der Waals surface area contributed by atoms with Crippen molar-refractivity contribution in [3.8, 4) is 0 Å². The Bertz CT molecular complexity index is 267. The van der Waals surface area contributed by atoms with E-state index in [4.69, 9.17) is 5.11 Å². The van der Waals surface area contributed by atoms with Crippen molar-refractivity contribution in [2.75, 3.05) is 0 Å². The number of carboxylic acid groups (broad SMARTS) is 1. The zero-order chi connectivity index (χ0) is 12.2. The van der Waals surface area contributed by atoms with Crippen molar-refractivity contribution in [3.05, 3.63) is 0 Å². The normalized spacial score (nSPS) is 18.7. The van der Waals surface area contributed by atoms with Gasteiger partial charge in [-0.25, -0.2) is 0 Å². The van der Waals surface area contributed by atoms with Crippen molar-refractivity contribution < 1.29 is 14.7 Å². The van der Waals surface area contributed by atoms with E-state index in [9.17, 15) is 9.59 Å². The number of hydrogen-bond donors (Lipinski definition) is 2. The van der Waals surface area contributed by atoms with Gasteiger partial charge < -0.3 is 10.4 Å². The molecule has 0 atom stereocenters. The van der Waals surface area contributed by atoms with E-state index < -0.39 is 5.97 Å². The Kier molecular flexibility index (Phi) is 4.33. The number of nitrogens with one attached hydrogen (secondary N) is 1. The van der Waals surface area contributed by atoms with Crippen LogP contribution in [0.4, 0.5) is 0 Å². The number of carbonyl (C=O) groups is 2. The van der Waals surface area contributed by atoms with Crippen molar-refractivity contribution in [2.45, 2.75) is 58.4 Å². The maximum Gasteiger partial charge on any atom is 0.303 e. The molecule has 0 spiro atoms. The van der Waals surface area contributed by atoms with Gasteiger partial charge in [0.15, 0.2) is 0 Å². The zero-order valence-corrected chi connectivity index (χ0v) is 10.1. The molecule has 1 fully saturated rings. The monoisotopic (exact) mass is 227 g/mol. The quantitative estimate of drug-likeness (QED) is 0.754. The highest BCUT2D eigenvalue weighted by Gasteiger charge is 2.37. The largest absolute Gasteiger partial charge is 0.481 e. The minimum Gasteiger partial charge on any atom is -0.481 e. The summed E-state index contributed by atoms with van der Waals surface area (Å²) < 4.78 is 0. The van der Waals surface area contributed by atoms with Crippen LogP contribution in [0.5, 0.6) is 0 Å². The van der Waals surface area contributed by atoms with Gasteiger partial charge in [0.2, 0.25) is 5.91 Å². The molecule has 16 heavy (non-hydrogen) atoms. The van der Waals surface area contributed by atoms with Crippen molar-refractivity contribution in [3.63, 3.8) is 0 Å². The second-order valence-corrected chi connectivity index (χ2v) is 5.18. The SMILES string of the molecule is CC(C)NC(=O)CC1(CC(=O)O)CCCC1. The molecule has 0 aromatic heterocycles. The number of aliphatic carboxylic acids is 1. The lowest BCUT2D eigenvalue weighted by Crippen LogP contribution is -2.35. The highest BCUT2D eigenvalue weighted by Crippen LogP contribution is 2.43. The zero-order valence-electron chi connectivity index (χ0n) is 10.1. The maximum atomic E-state index is 11.7. The molecule has 0 aromatic rings. The molecule has 0 aromatic carbocycles. The highest BCUT2D eigenvalue weighted by molar-refractivity contribution is 5.78. The van der Waals surface area contributed by atoms with Gasteiger partial charge in [-0.15, -0.1) is 0 Å². The van der Waals surface area contributed by atoms with Gasteiger partial charge in [0, 0.05) is 12.5 Å². The summed E-state index contributed by atoms with van der Waals surface area (Å²) in [5, 5.41) is 11.7. The van der Waals surface area contributed by atoms with Crippen LogP contribution >= 0.6 is 0 Å². The minimum absolute atomic E-state index is 0.0156.